The predicted molar refractivity (Wildman–Crippen MR) is 89.6 cm³/mol. The Morgan fingerprint density at radius 2 is 2.08 bits per heavy atom. The molecule has 0 spiro atoms. The summed E-state index contributed by atoms with van der Waals surface area (Å²) in [7, 11) is 1.37. The first-order chi connectivity index (χ1) is 12.6. The van der Waals surface area contributed by atoms with Gasteiger partial charge >= 0.3 is 12.1 Å². The molecule has 2 fully saturated rings. The molecule has 0 bridgehead atoms. The third-order valence-corrected chi connectivity index (χ3v) is 4.56. The van der Waals surface area contributed by atoms with Crippen molar-refractivity contribution in [3.8, 4) is 0 Å². The summed E-state index contributed by atoms with van der Waals surface area (Å²) in [4.78, 5) is 43.2. The normalized spacial score (nSPS) is 22.2. The summed E-state index contributed by atoms with van der Waals surface area (Å²) in [5.74, 6) is -0.722. The molecule has 8 nitrogen and oxygen atoms in total. The molecule has 1 unspecified atom stereocenters. The smallest absolute Gasteiger partial charge is 0.410 e. The van der Waals surface area contributed by atoms with Crippen molar-refractivity contribution in [1.29, 1.82) is 0 Å². The number of benzene rings is 1. The second-order valence-electron chi connectivity index (χ2n) is 6.28. The number of likely N-dealkylation sites (tertiary alicyclic amines) is 1. The molecule has 0 N–H and O–H groups in total. The number of esters is 1. The summed E-state index contributed by atoms with van der Waals surface area (Å²) in [5.41, 5.74) is 0.878. The molecule has 26 heavy (non-hydrogen) atoms. The number of rotatable bonds is 5. The fourth-order valence-corrected chi connectivity index (χ4v) is 3.26. The topological polar surface area (TPSA) is 85.4 Å². The number of cyclic esters (lactones) is 1. The van der Waals surface area contributed by atoms with Crippen LogP contribution in [0.1, 0.15) is 24.8 Å². The lowest BCUT2D eigenvalue weighted by Gasteiger charge is -2.30. The van der Waals surface area contributed by atoms with Crippen molar-refractivity contribution < 1.29 is 28.7 Å². The van der Waals surface area contributed by atoms with Crippen LogP contribution in [0.4, 0.5) is 4.79 Å². The van der Waals surface area contributed by atoms with Gasteiger partial charge in [0.2, 0.25) is 0 Å². The molecule has 3 rings (SSSR count). The Bertz CT molecular complexity index is 665. The third kappa shape index (κ3) is 3.96. The average Bonchev–Trinajstić information content (AvgIpc) is 3.30. The number of hydrogen-bond acceptors (Lipinski definition) is 6. The fraction of sp³-hybridized carbons (Fsp3) is 0.500. The first-order valence-corrected chi connectivity index (χ1v) is 8.60. The summed E-state index contributed by atoms with van der Waals surface area (Å²) in [6, 6.07) is 8.22. The van der Waals surface area contributed by atoms with Crippen LogP contribution in [0.3, 0.4) is 0 Å². The van der Waals surface area contributed by atoms with E-state index in [4.69, 9.17) is 14.3 Å². The largest absolute Gasteiger partial charge is 0.463 e. The van der Waals surface area contributed by atoms with Crippen molar-refractivity contribution in [2.24, 2.45) is 0 Å². The molecular formula is C18H22N2O6. The van der Waals surface area contributed by atoms with Crippen LogP contribution < -0.4 is 0 Å². The van der Waals surface area contributed by atoms with Crippen molar-refractivity contribution in [2.75, 3.05) is 20.3 Å². The Morgan fingerprint density at radius 1 is 1.31 bits per heavy atom. The maximum Gasteiger partial charge on any atom is 0.410 e. The van der Waals surface area contributed by atoms with E-state index in [9.17, 15) is 14.4 Å². The van der Waals surface area contributed by atoms with Gasteiger partial charge in [0.1, 0.15) is 25.3 Å². The van der Waals surface area contributed by atoms with E-state index in [0.29, 0.717) is 19.4 Å². The Kier molecular flexibility index (Phi) is 5.72. The van der Waals surface area contributed by atoms with E-state index in [1.165, 1.54) is 12.0 Å². The highest BCUT2D eigenvalue weighted by Crippen LogP contribution is 2.24. The number of hydrogen-bond donors (Lipinski definition) is 0. The van der Waals surface area contributed by atoms with Crippen molar-refractivity contribution in [3.05, 3.63) is 35.9 Å². The molecule has 0 radical (unpaired) electrons. The van der Waals surface area contributed by atoms with Gasteiger partial charge < -0.3 is 9.47 Å². The molecule has 2 aliphatic rings. The molecule has 0 saturated carbocycles. The van der Waals surface area contributed by atoms with E-state index < -0.39 is 18.2 Å². The van der Waals surface area contributed by atoms with Crippen LogP contribution in [0.5, 0.6) is 0 Å². The Balaban J connectivity index is 1.61. The molecule has 2 heterocycles. The minimum absolute atomic E-state index is 0.0880. The molecule has 0 aromatic heterocycles. The van der Waals surface area contributed by atoms with Crippen LogP contribution in [-0.4, -0.2) is 60.3 Å². The number of carbonyl (C=O) groups excluding carboxylic acids is 3. The molecule has 2 aliphatic heterocycles. The SMILES string of the molecule is CON(C(=O)C1CCCN1C(=O)OCc1ccccc1)[C@@H]1COC(=O)C1. The summed E-state index contributed by atoms with van der Waals surface area (Å²) < 4.78 is 10.2. The zero-order valence-corrected chi connectivity index (χ0v) is 14.6. The quantitative estimate of drug-likeness (QED) is 0.583. The van der Waals surface area contributed by atoms with Gasteiger partial charge in [0.25, 0.3) is 5.91 Å². The first kappa shape index (κ1) is 18.2. The molecule has 8 heteroatoms. The Labute approximate surface area is 151 Å². The fourth-order valence-electron chi connectivity index (χ4n) is 3.26. The predicted octanol–water partition coefficient (Wildman–Crippen LogP) is 1.49. The highest BCUT2D eigenvalue weighted by molar-refractivity contribution is 5.86. The van der Waals surface area contributed by atoms with E-state index >= 15 is 0 Å². The molecule has 0 aliphatic carbocycles. The lowest BCUT2D eigenvalue weighted by atomic mass is 10.1. The molecule has 2 amide bonds. The average molecular weight is 362 g/mol. The lowest BCUT2D eigenvalue weighted by Crippen LogP contribution is -2.51. The van der Waals surface area contributed by atoms with Crippen LogP contribution in [0.25, 0.3) is 0 Å². The highest BCUT2D eigenvalue weighted by atomic mass is 16.7. The van der Waals surface area contributed by atoms with Gasteiger partial charge in [-0.1, -0.05) is 30.3 Å². The van der Waals surface area contributed by atoms with Crippen LogP contribution in [0.2, 0.25) is 0 Å². The highest BCUT2D eigenvalue weighted by Gasteiger charge is 2.42. The molecule has 2 saturated heterocycles. The van der Waals surface area contributed by atoms with Crippen LogP contribution >= 0.6 is 0 Å². The number of ether oxygens (including phenoxy) is 2. The number of carbonyl (C=O) groups is 3. The molecule has 2 atom stereocenters. The zero-order chi connectivity index (χ0) is 18.5. The third-order valence-electron chi connectivity index (χ3n) is 4.56. The van der Waals surface area contributed by atoms with Gasteiger partial charge in [0.05, 0.1) is 13.5 Å². The summed E-state index contributed by atoms with van der Waals surface area (Å²) in [5, 5.41) is 1.15. The van der Waals surface area contributed by atoms with E-state index in [1.807, 2.05) is 30.3 Å². The zero-order valence-electron chi connectivity index (χ0n) is 14.6. The van der Waals surface area contributed by atoms with Gasteiger partial charge in [-0.25, -0.2) is 9.86 Å². The van der Waals surface area contributed by atoms with Crippen LogP contribution in [0, 0.1) is 0 Å². The van der Waals surface area contributed by atoms with E-state index in [0.717, 1.165) is 10.6 Å². The van der Waals surface area contributed by atoms with Crippen LogP contribution in [-0.2, 0) is 30.5 Å². The van der Waals surface area contributed by atoms with Gasteiger partial charge in [-0.2, -0.15) is 0 Å². The number of nitrogens with zero attached hydrogens (tertiary/aromatic N) is 2. The number of hydroxylamine groups is 2. The maximum absolute atomic E-state index is 12.8. The van der Waals surface area contributed by atoms with E-state index in [1.54, 1.807) is 0 Å². The van der Waals surface area contributed by atoms with E-state index in [2.05, 4.69) is 0 Å². The molecular weight excluding hydrogens is 340 g/mol. The van der Waals surface area contributed by atoms with Crippen molar-refractivity contribution in [1.82, 2.24) is 9.96 Å². The van der Waals surface area contributed by atoms with Gasteiger partial charge in [-0.3, -0.25) is 19.3 Å². The minimum Gasteiger partial charge on any atom is -0.463 e. The Morgan fingerprint density at radius 3 is 2.73 bits per heavy atom. The molecule has 140 valence electrons. The summed E-state index contributed by atoms with van der Waals surface area (Å²) >= 11 is 0. The summed E-state index contributed by atoms with van der Waals surface area (Å²) in [6.45, 7) is 0.696. The minimum atomic E-state index is -0.658. The van der Waals surface area contributed by atoms with Gasteiger partial charge in [-0.05, 0) is 18.4 Å². The van der Waals surface area contributed by atoms with Crippen LogP contribution in [0.15, 0.2) is 30.3 Å². The van der Waals surface area contributed by atoms with Crippen molar-refractivity contribution >= 4 is 18.0 Å². The van der Waals surface area contributed by atoms with Gasteiger partial charge in [0.15, 0.2) is 0 Å². The lowest BCUT2D eigenvalue weighted by molar-refractivity contribution is -0.192. The van der Waals surface area contributed by atoms with Gasteiger partial charge in [0, 0.05) is 6.54 Å². The van der Waals surface area contributed by atoms with Crippen molar-refractivity contribution in [2.45, 2.75) is 38.0 Å². The monoisotopic (exact) mass is 362 g/mol. The Hall–Kier alpha value is -2.61. The molecule has 1 aromatic rings. The van der Waals surface area contributed by atoms with Crippen molar-refractivity contribution in [3.63, 3.8) is 0 Å². The first-order valence-electron chi connectivity index (χ1n) is 8.60. The molecule has 1 aromatic carbocycles. The second-order valence-corrected chi connectivity index (χ2v) is 6.28. The second kappa shape index (κ2) is 8.18. The van der Waals surface area contributed by atoms with Gasteiger partial charge in [-0.15, -0.1) is 0 Å². The van der Waals surface area contributed by atoms with E-state index in [-0.39, 0.29) is 31.5 Å². The standard InChI is InChI=1S/C18H22N2O6/c1-24-20(14-10-16(21)25-12-14)17(22)15-8-5-9-19(15)18(23)26-11-13-6-3-2-4-7-13/h2-4,6-7,14-15H,5,8-12H2,1H3/t14-,15?/m0/s1. The number of amides is 2. The summed E-state index contributed by atoms with van der Waals surface area (Å²) in [6.07, 6.45) is 0.791. The maximum atomic E-state index is 12.8.